The molecule has 13 heteroatoms. The molecule has 1 saturated heterocycles. The molecule has 4 rings (SSSR count). The van der Waals surface area contributed by atoms with Gasteiger partial charge in [0.2, 0.25) is 15.9 Å². The number of nitrogens with one attached hydrogen (secondary N) is 4. The van der Waals surface area contributed by atoms with Crippen LogP contribution in [0.3, 0.4) is 0 Å². The summed E-state index contributed by atoms with van der Waals surface area (Å²) in [5.41, 5.74) is 3.37. The van der Waals surface area contributed by atoms with Crippen molar-refractivity contribution in [2.24, 2.45) is 7.05 Å². The van der Waals surface area contributed by atoms with Crippen molar-refractivity contribution in [1.29, 1.82) is 0 Å². The van der Waals surface area contributed by atoms with Crippen LogP contribution in [-0.4, -0.2) is 87.0 Å². The van der Waals surface area contributed by atoms with Gasteiger partial charge in [-0.25, -0.2) is 8.42 Å². The Morgan fingerprint density at radius 1 is 1.09 bits per heavy atom. The molecule has 12 nitrogen and oxygen atoms in total. The van der Waals surface area contributed by atoms with Crippen molar-refractivity contribution in [2.45, 2.75) is 51.3 Å². The van der Waals surface area contributed by atoms with Gasteiger partial charge in [-0.1, -0.05) is 39.0 Å². The number of likely N-dealkylation sites (N-methyl/N-ethyl adjacent to an activating group) is 1. The fraction of sp³-hybridized carbons (Fsp3) is 0.484. The summed E-state index contributed by atoms with van der Waals surface area (Å²) in [6.45, 7) is 8.01. The molecular formula is C31H44N6O6S. The van der Waals surface area contributed by atoms with Gasteiger partial charge in [-0.3, -0.25) is 19.2 Å². The molecule has 2 aromatic carbocycles. The zero-order valence-corrected chi connectivity index (χ0v) is 27.3. The first kappa shape index (κ1) is 33.2. The number of rotatable bonds is 11. The van der Waals surface area contributed by atoms with Gasteiger partial charge in [-0.15, -0.1) is 0 Å². The molecule has 2 amide bonds. The number of sulfonamides is 1. The van der Waals surface area contributed by atoms with Crippen molar-refractivity contribution in [3.05, 3.63) is 53.2 Å². The second-order valence-corrected chi connectivity index (χ2v) is 14.2. The largest absolute Gasteiger partial charge is 0.492 e. The van der Waals surface area contributed by atoms with Crippen molar-refractivity contribution in [3.63, 3.8) is 0 Å². The number of fused-ring (bicyclic) bond motifs is 1. The molecule has 1 fully saturated rings. The van der Waals surface area contributed by atoms with Gasteiger partial charge in [0.1, 0.15) is 5.69 Å². The molecule has 2 heterocycles. The number of aromatic nitrogens is 1. The van der Waals surface area contributed by atoms with E-state index in [0.717, 1.165) is 28.3 Å². The second kappa shape index (κ2) is 13.1. The Morgan fingerprint density at radius 2 is 1.80 bits per heavy atom. The van der Waals surface area contributed by atoms with E-state index in [-0.39, 0.29) is 34.7 Å². The zero-order valence-electron chi connectivity index (χ0n) is 26.4. The standard InChI is InChI=1S/C31H44N6O6S/c1-31(2,3)21-14-23(28(43-6)24(15-21)35-44(7,41)42)34-30(40)26-13-19-9-8-10-20(27(19)37(26)5)17-32-11-12-33-29(39)25-16-22(38)18-36(25)4/h8-10,13-15,22,25,32,35,38H,11-12,16-18H2,1-7H3,(H,33,39)(H,34,40)/t22-,25-/m0/s1. The van der Waals surface area contributed by atoms with E-state index in [1.165, 1.54) is 7.11 Å². The van der Waals surface area contributed by atoms with Gasteiger partial charge in [0.05, 0.1) is 42.4 Å². The first-order valence-electron chi connectivity index (χ1n) is 14.5. The number of aryl methyl sites for hydroxylation is 1. The number of likely N-dealkylation sites (tertiary alicyclic amines) is 1. The maximum absolute atomic E-state index is 13.7. The Labute approximate surface area is 259 Å². The highest BCUT2D eigenvalue weighted by atomic mass is 32.2. The number of hydrogen-bond acceptors (Lipinski definition) is 8. The van der Waals surface area contributed by atoms with E-state index < -0.39 is 16.1 Å². The Balaban J connectivity index is 1.50. The Hall–Kier alpha value is -3.65. The van der Waals surface area contributed by atoms with Gasteiger partial charge in [0.25, 0.3) is 5.91 Å². The molecule has 3 aromatic rings. The molecule has 1 aromatic heterocycles. The summed E-state index contributed by atoms with van der Waals surface area (Å²) in [5.74, 6) is -0.250. The third-order valence-corrected chi connectivity index (χ3v) is 8.41. The number of amides is 2. The van der Waals surface area contributed by atoms with Crippen LogP contribution in [0.5, 0.6) is 5.75 Å². The highest BCUT2D eigenvalue weighted by molar-refractivity contribution is 7.92. The zero-order chi connectivity index (χ0) is 32.4. The summed E-state index contributed by atoms with van der Waals surface area (Å²) in [4.78, 5) is 28.0. The lowest BCUT2D eigenvalue weighted by Gasteiger charge is -2.24. The van der Waals surface area contributed by atoms with E-state index >= 15 is 0 Å². The van der Waals surface area contributed by atoms with Crippen molar-refractivity contribution >= 4 is 44.1 Å². The van der Waals surface area contributed by atoms with E-state index in [1.54, 1.807) is 12.1 Å². The Kier molecular flexibility index (Phi) is 9.93. The number of hydrogen-bond donors (Lipinski definition) is 5. The Bertz CT molecular complexity index is 1650. The van der Waals surface area contributed by atoms with E-state index in [9.17, 15) is 23.1 Å². The molecule has 1 aliphatic rings. The van der Waals surface area contributed by atoms with Gasteiger partial charge in [0.15, 0.2) is 5.75 Å². The van der Waals surface area contributed by atoms with Gasteiger partial charge in [-0.2, -0.15) is 0 Å². The minimum absolute atomic E-state index is 0.0880. The third kappa shape index (κ3) is 7.70. The Morgan fingerprint density at radius 3 is 2.41 bits per heavy atom. The second-order valence-electron chi connectivity index (χ2n) is 12.4. The monoisotopic (exact) mass is 628 g/mol. The summed E-state index contributed by atoms with van der Waals surface area (Å²) >= 11 is 0. The SMILES string of the molecule is COc1c(NC(=O)c2cc3cccc(CNCCNC(=O)[C@@H]4C[C@H](O)CN4C)c3n2C)cc(C(C)(C)C)cc1NS(C)(=O)=O. The minimum atomic E-state index is -3.61. The first-order chi connectivity index (χ1) is 20.6. The number of β-amino-alcohol motifs (C(OH)–C–C–N with tert-alkyl or cyclic N) is 1. The number of methoxy groups -OCH3 is 1. The number of aliphatic hydroxyl groups is 1. The molecule has 0 bridgehead atoms. The highest BCUT2D eigenvalue weighted by Crippen LogP contribution is 2.39. The number of ether oxygens (including phenoxy) is 1. The first-order valence-corrected chi connectivity index (χ1v) is 16.4. The van der Waals surface area contributed by atoms with Crippen LogP contribution in [0.15, 0.2) is 36.4 Å². The van der Waals surface area contributed by atoms with Gasteiger partial charge in [0, 0.05) is 38.6 Å². The molecule has 2 atom stereocenters. The van der Waals surface area contributed by atoms with Crippen LogP contribution in [-0.2, 0) is 33.8 Å². The van der Waals surface area contributed by atoms with Crippen LogP contribution >= 0.6 is 0 Å². The number of anilines is 2. The van der Waals surface area contributed by atoms with Crippen molar-refractivity contribution in [3.8, 4) is 5.75 Å². The molecule has 0 aliphatic carbocycles. The third-order valence-electron chi connectivity index (χ3n) is 7.82. The maximum atomic E-state index is 13.7. The summed E-state index contributed by atoms with van der Waals surface area (Å²) in [5, 5.41) is 19.9. The van der Waals surface area contributed by atoms with Crippen LogP contribution in [0.4, 0.5) is 11.4 Å². The van der Waals surface area contributed by atoms with E-state index in [4.69, 9.17) is 4.74 Å². The highest BCUT2D eigenvalue weighted by Gasteiger charge is 2.33. The molecule has 0 radical (unpaired) electrons. The summed E-state index contributed by atoms with van der Waals surface area (Å²) in [6.07, 6.45) is 1.03. The van der Waals surface area contributed by atoms with Crippen LogP contribution in [0.1, 0.15) is 48.8 Å². The summed E-state index contributed by atoms with van der Waals surface area (Å²) < 4.78 is 34.1. The average Bonchev–Trinajstić information content (AvgIpc) is 3.45. The summed E-state index contributed by atoms with van der Waals surface area (Å²) in [6, 6.07) is 10.9. The molecule has 44 heavy (non-hydrogen) atoms. The van der Waals surface area contributed by atoms with Crippen LogP contribution in [0.25, 0.3) is 10.9 Å². The molecule has 0 saturated carbocycles. The number of carbonyl (C=O) groups is 2. The predicted molar refractivity (Wildman–Crippen MR) is 173 cm³/mol. The smallest absolute Gasteiger partial charge is 0.272 e. The lowest BCUT2D eigenvalue weighted by atomic mass is 9.86. The number of para-hydroxylation sites is 1. The van der Waals surface area contributed by atoms with Gasteiger partial charge < -0.3 is 30.4 Å². The molecule has 1 aliphatic heterocycles. The van der Waals surface area contributed by atoms with Crippen LogP contribution < -0.4 is 25.4 Å². The van der Waals surface area contributed by atoms with Crippen LogP contribution in [0, 0.1) is 0 Å². The molecule has 0 unspecified atom stereocenters. The van der Waals surface area contributed by atoms with Gasteiger partial charge in [-0.05, 0) is 48.2 Å². The predicted octanol–water partition coefficient (Wildman–Crippen LogP) is 2.38. The van der Waals surface area contributed by atoms with Crippen molar-refractivity contribution in [1.82, 2.24) is 20.1 Å². The normalized spacial score (nSPS) is 17.5. The van der Waals surface area contributed by atoms with Crippen molar-refractivity contribution < 1.29 is 27.9 Å². The van der Waals surface area contributed by atoms with Gasteiger partial charge >= 0.3 is 0 Å². The fourth-order valence-electron chi connectivity index (χ4n) is 5.59. The maximum Gasteiger partial charge on any atom is 0.272 e. The molecular weight excluding hydrogens is 584 g/mol. The quantitative estimate of drug-likeness (QED) is 0.203. The van der Waals surface area contributed by atoms with E-state index in [0.29, 0.717) is 44.0 Å². The topological polar surface area (TPSA) is 154 Å². The minimum Gasteiger partial charge on any atom is -0.492 e. The molecule has 0 spiro atoms. The van der Waals surface area contributed by atoms with Crippen molar-refractivity contribution in [2.75, 3.05) is 50.1 Å². The number of nitrogens with zero attached hydrogens (tertiary/aromatic N) is 2. The lowest BCUT2D eigenvalue weighted by Crippen LogP contribution is -2.43. The van der Waals surface area contributed by atoms with E-state index in [2.05, 4.69) is 20.7 Å². The average molecular weight is 629 g/mol. The number of carbonyl (C=O) groups excluding carboxylic acids is 2. The number of benzene rings is 2. The molecule has 240 valence electrons. The van der Waals surface area contributed by atoms with Crippen LogP contribution in [0.2, 0.25) is 0 Å². The number of aliphatic hydroxyl groups excluding tert-OH is 1. The fourth-order valence-corrected chi connectivity index (χ4v) is 6.14. The lowest BCUT2D eigenvalue weighted by molar-refractivity contribution is -0.125. The molecule has 5 N–H and O–H groups in total. The summed E-state index contributed by atoms with van der Waals surface area (Å²) in [7, 11) is 1.48. The van der Waals surface area contributed by atoms with E-state index in [1.807, 2.05) is 68.6 Å².